The quantitative estimate of drug-likeness (QED) is 0.324. The number of halogens is 4. The van der Waals surface area contributed by atoms with E-state index in [0.29, 0.717) is 28.5 Å². The molecule has 3 aromatic rings. The molecular formula is C28H27ClF3N5OS. The van der Waals surface area contributed by atoms with E-state index in [4.69, 9.17) is 11.6 Å². The Kier molecular flexibility index (Phi) is 8.44. The van der Waals surface area contributed by atoms with Crippen molar-refractivity contribution in [2.45, 2.75) is 18.0 Å². The lowest BCUT2D eigenvalue weighted by Gasteiger charge is -2.35. The summed E-state index contributed by atoms with van der Waals surface area (Å²) in [6.07, 6.45) is 1.46. The first-order valence-electron chi connectivity index (χ1n) is 12.6. The van der Waals surface area contributed by atoms with E-state index in [0.717, 1.165) is 56.4 Å². The lowest BCUT2D eigenvalue weighted by molar-refractivity contribution is -0.137. The number of benzene rings is 2. The maximum Gasteiger partial charge on any atom is 0.416 e. The van der Waals surface area contributed by atoms with Crippen LogP contribution in [0.25, 0.3) is 6.08 Å². The Labute approximate surface area is 234 Å². The van der Waals surface area contributed by atoms with Crippen LogP contribution in [0.5, 0.6) is 0 Å². The molecule has 1 aromatic heterocycles. The molecule has 0 bridgehead atoms. The summed E-state index contributed by atoms with van der Waals surface area (Å²) in [4.78, 5) is 28.8. The van der Waals surface area contributed by atoms with Crippen molar-refractivity contribution in [1.82, 2.24) is 19.8 Å². The zero-order valence-corrected chi connectivity index (χ0v) is 22.6. The molecule has 5 rings (SSSR count). The van der Waals surface area contributed by atoms with Crippen molar-refractivity contribution < 1.29 is 18.0 Å². The molecule has 6 nitrogen and oxygen atoms in total. The topological polar surface area (TPSA) is 52.6 Å². The molecule has 1 unspecified atom stereocenters. The van der Waals surface area contributed by atoms with Crippen molar-refractivity contribution in [2.24, 2.45) is 0 Å². The van der Waals surface area contributed by atoms with Gasteiger partial charge in [0.25, 0.3) is 5.91 Å². The van der Waals surface area contributed by atoms with Gasteiger partial charge in [-0.05, 0) is 60.5 Å². The molecule has 11 heteroatoms. The van der Waals surface area contributed by atoms with Crippen molar-refractivity contribution in [3.05, 3.63) is 93.6 Å². The molecule has 0 aliphatic carbocycles. The first-order chi connectivity index (χ1) is 18.8. The summed E-state index contributed by atoms with van der Waals surface area (Å²) in [7, 11) is 0. The number of carbonyl (C=O) groups is 1. The van der Waals surface area contributed by atoms with Crippen LogP contribution in [0.3, 0.4) is 0 Å². The highest BCUT2D eigenvalue weighted by Crippen LogP contribution is 2.47. The molecular weight excluding hydrogens is 547 g/mol. The predicted octanol–water partition coefficient (Wildman–Crippen LogP) is 5.98. The maximum atomic E-state index is 13.5. The van der Waals surface area contributed by atoms with E-state index in [1.54, 1.807) is 53.7 Å². The number of aromatic nitrogens is 2. The fourth-order valence-electron chi connectivity index (χ4n) is 4.75. The van der Waals surface area contributed by atoms with Crippen LogP contribution >= 0.6 is 23.4 Å². The maximum absolute atomic E-state index is 13.5. The number of piperazine rings is 1. The van der Waals surface area contributed by atoms with Gasteiger partial charge in [0.2, 0.25) is 5.95 Å². The zero-order valence-electron chi connectivity index (χ0n) is 21.0. The third-order valence-corrected chi connectivity index (χ3v) is 8.25. The van der Waals surface area contributed by atoms with Crippen LogP contribution < -0.4 is 4.90 Å². The lowest BCUT2D eigenvalue weighted by Crippen LogP contribution is -2.47. The minimum absolute atomic E-state index is 0.187. The van der Waals surface area contributed by atoms with E-state index in [1.165, 1.54) is 17.8 Å². The third kappa shape index (κ3) is 6.74. The number of alkyl halides is 3. The number of nitrogens with zero attached hydrogens (tertiary/aromatic N) is 5. The van der Waals surface area contributed by atoms with E-state index >= 15 is 0 Å². The molecule has 39 heavy (non-hydrogen) atoms. The Balaban J connectivity index is 1.28. The third-order valence-electron chi connectivity index (χ3n) is 6.72. The Morgan fingerprint density at radius 2 is 1.72 bits per heavy atom. The number of anilines is 1. The van der Waals surface area contributed by atoms with Gasteiger partial charge < -0.3 is 9.80 Å². The number of carbonyl (C=O) groups excluding carboxylic acids is 1. The Morgan fingerprint density at radius 1 is 0.974 bits per heavy atom. The highest BCUT2D eigenvalue weighted by molar-refractivity contribution is 8.04. The Hall–Kier alpha value is -3.08. The molecule has 1 atom stereocenters. The van der Waals surface area contributed by atoms with Gasteiger partial charge in [-0.3, -0.25) is 9.69 Å². The fourth-order valence-corrected chi connectivity index (χ4v) is 6.22. The van der Waals surface area contributed by atoms with Gasteiger partial charge in [0.15, 0.2) is 0 Å². The second-order valence-electron chi connectivity index (χ2n) is 9.39. The van der Waals surface area contributed by atoms with Gasteiger partial charge in [-0.1, -0.05) is 47.6 Å². The average molecular weight is 574 g/mol. The summed E-state index contributed by atoms with van der Waals surface area (Å²) >= 11 is 7.39. The molecule has 0 saturated carbocycles. The van der Waals surface area contributed by atoms with Gasteiger partial charge in [-0.15, -0.1) is 0 Å². The van der Waals surface area contributed by atoms with Gasteiger partial charge in [0.05, 0.1) is 10.5 Å². The van der Waals surface area contributed by atoms with Crippen LogP contribution in [0.1, 0.15) is 28.5 Å². The minimum Gasteiger partial charge on any atom is -0.338 e. The largest absolute Gasteiger partial charge is 0.416 e. The van der Waals surface area contributed by atoms with E-state index < -0.39 is 17.1 Å². The van der Waals surface area contributed by atoms with Crippen molar-refractivity contribution in [3.63, 3.8) is 0 Å². The predicted molar refractivity (Wildman–Crippen MR) is 148 cm³/mol. The number of hydrogen-bond acceptors (Lipinski definition) is 6. The highest BCUT2D eigenvalue weighted by atomic mass is 35.5. The Morgan fingerprint density at radius 3 is 2.44 bits per heavy atom. The van der Waals surface area contributed by atoms with Crippen molar-refractivity contribution in [2.75, 3.05) is 44.2 Å². The second kappa shape index (κ2) is 12.0. The van der Waals surface area contributed by atoms with E-state index in [1.807, 2.05) is 6.07 Å². The highest BCUT2D eigenvalue weighted by Gasteiger charge is 2.38. The molecule has 0 spiro atoms. The van der Waals surface area contributed by atoms with Crippen LogP contribution in [-0.2, 0) is 11.0 Å². The summed E-state index contributed by atoms with van der Waals surface area (Å²) in [6.45, 7) is 4.52. The minimum atomic E-state index is -4.46. The molecule has 2 aliphatic rings. The van der Waals surface area contributed by atoms with Gasteiger partial charge in [-0.25, -0.2) is 9.97 Å². The second-order valence-corrected chi connectivity index (χ2v) is 10.9. The molecule has 1 amide bonds. The van der Waals surface area contributed by atoms with Crippen molar-refractivity contribution in [1.29, 1.82) is 0 Å². The van der Waals surface area contributed by atoms with Gasteiger partial charge in [0, 0.05) is 50.1 Å². The molecule has 2 saturated heterocycles. The summed E-state index contributed by atoms with van der Waals surface area (Å²) in [5.41, 5.74) is 0.498. The molecule has 0 N–H and O–H groups in total. The molecule has 2 aliphatic heterocycles. The van der Waals surface area contributed by atoms with E-state index in [9.17, 15) is 18.0 Å². The number of amides is 1. The van der Waals surface area contributed by atoms with Crippen LogP contribution in [0.2, 0.25) is 5.02 Å². The summed E-state index contributed by atoms with van der Waals surface area (Å²) < 4.78 is 40.3. The molecule has 3 heterocycles. The zero-order chi connectivity index (χ0) is 27.4. The van der Waals surface area contributed by atoms with Gasteiger partial charge >= 0.3 is 6.18 Å². The average Bonchev–Trinajstić information content (AvgIpc) is 3.24. The summed E-state index contributed by atoms with van der Waals surface area (Å²) in [5.74, 6) is 0.535. The molecule has 2 aromatic carbocycles. The standard InChI is InChI=1S/C28H27ClF3N5OS/c29-23-8-1-5-20(17-23)18-24-25(38)37(26(39-24)21-6-2-7-22(19-21)28(30,31)32)12-4-11-35-13-15-36(16-14-35)27-33-9-3-10-34-27/h1-3,5-10,17-19,26H,4,11-16H2/b24-18-. The summed E-state index contributed by atoms with van der Waals surface area (Å²) in [6, 6.07) is 14.2. The van der Waals surface area contributed by atoms with Crippen LogP contribution in [0.4, 0.5) is 19.1 Å². The van der Waals surface area contributed by atoms with Crippen LogP contribution in [0, 0.1) is 0 Å². The van der Waals surface area contributed by atoms with Crippen LogP contribution in [-0.4, -0.2) is 64.9 Å². The normalized spacial score (nSPS) is 19.7. The molecule has 2 fully saturated rings. The fraction of sp³-hybridized carbons (Fsp3) is 0.321. The SMILES string of the molecule is O=C1/C(=C/c2cccc(Cl)c2)SC(c2cccc(C(F)(F)F)c2)N1CCCN1CCN(c2ncccn2)CC1. The monoisotopic (exact) mass is 573 g/mol. The first-order valence-corrected chi connectivity index (χ1v) is 13.9. The number of rotatable bonds is 7. The van der Waals surface area contributed by atoms with Crippen molar-refractivity contribution in [3.8, 4) is 0 Å². The number of thioether (sulfide) groups is 1. The van der Waals surface area contributed by atoms with E-state index in [2.05, 4.69) is 19.8 Å². The van der Waals surface area contributed by atoms with Gasteiger partial charge in [0.1, 0.15) is 5.37 Å². The molecule has 0 radical (unpaired) electrons. The Bertz CT molecular complexity index is 1330. The van der Waals surface area contributed by atoms with Crippen molar-refractivity contribution >= 4 is 41.3 Å². The van der Waals surface area contributed by atoms with Crippen LogP contribution in [0.15, 0.2) is 71.9 Å². The summed E-state index contributed by atoms with van der Waals surface area (Å²) in [5, 5.41) is 0.00214. The first kappa shape index (κ1) is 27.5. The van der Waals surface area contributed by atoms with Gasteiger partial charge in [-0.2, -0.15) is 13.2 Å². The van der Waals surface area contributed by atoms with E-state index in [-0.39, 0.29) is 5.91 Å². The smallest absolute Gasteiger partial charge is 0.338 e. The lowest BCUT2D eigenvalue weighted by atomic mass is 10.1. The molecule has 204 valence electrons. The number of hydrogen-bond donors (Lipinski definition) is 0.